The van der Waals surface area contributed by atoms with Gasteiger partial charge in [0.15, 0.2) is 0 Å². The lowest BCUT2D eigenvalue weighted by Crippen LogP contribution is -2.34. The Bertz CT molecular complexity index is 631. The second-order valence-corrected chi connectivity index (χ2v) is 6.94. The minimum absolute atomic E-state index is 0.0135. The lowest BCUT2D eigenvalue weighted by molar-refractivity contribution is 0.0678. The van der Waals surface area contributed by atoms with E-state index in [1.807, 2.05) is 0 Å². The number of hydrogen-bond acceptors (Lipinski definition) is 5. The van der Waals surface area contributed by atoms with Crippen LogP contribution in [0.2, 0.25) is 0 Å². The summed E-state index contributed by atoms with van der Waals surface area (Å²) in [6, 6.07) is 2.41. The number of nitrogens with one attached hydrogen (secondary N) is 1. The number of aliphatic hydroxyl groups is 1. The van der Waals surface area contributed by atoms with Crippen LogP contribution >= 0.6 is 15.9 Å². The minimum atomic E-state index is -3.94. The van der Waals surface area contributed by atoms with Crippen LogP contribution in [0.4, 0.5) is 0 Å². The Kier molecular flexibility index (Phi) is 6.29. The van der Waals surface area contributed by atoms with E-state index in [1.54, 1.807) is 6.92 Å². The van der Waals surface area contributed by atoms with Gasteiger partial charge in [-0.25, -0.2) is 17.9 Å². The summed E-state index contributed by atoms with van der Waals surface area (Å²) in [5.41, 5.74) is 0.235. The molecule has 1 aromatic carbocycles. The number of carboxylic acids is 1. The third-order valence-electron chi connectivity index (χ3n) is 2.70. The van der Waals surface area contributed by atoms with Gasteiger partial charge >= 0.3 is 5.97 Å². The molecule has 0 aromatic heterocycles. The molecular weight excluding hydrogens is 366 g/mol. The molecule has 0 bridgehead atoms. The molecule has 0 amide bonds. The van der Waals surface area contributed by atoms with Crippen molar-refractivity contribution in [2.75, 3.05) is 20.3 Å². The molecule has 118 valence electrons. The number of hydrogen-bond donors (Lipinski definition) is 3. The highest BCUT2D eigenvalue weighted by atomic mass is 79.9. The van der Waals surface area contributed by atoms with E-state index in [-0.39, 0.29) is 23.6 Å². The first-order valence-corrected chi connectivity index (χ1v) is 8.16. The Labute approximate surface area is 131 Å². The molecular formula is C12H16BrNO6S. The number of sulfonamides is 1. The Hall–Kier alpha value is -1.00. The van der Waals surface area contributed by atoms with Crippen LogP contribution in [0.1, 0.15) is 15.9 Å². The summed E-state index contributed by atoms with van der Waals surface area (Å²) in [6.07, 6.45) is -0.990. The summed E-state index contributed by atoms with van der Waals surface area (Å²) in [4.78, 5) is 10.8. The average Bonchev–Trinajstić information content (AvgIpc) is 2.39. The summed E-state index contributed by atoms with van der Waals surface area (Å²) in [6.45, 7) is 1.31. The highest BCUT2D eigenvalue weighted by Crippen LogP contribution is 2.25. The van der Waals surface area contributed by atoms with Crippen molar-refractivity contribution in [2.45, 2.75) is 17.9 Å². The molecule has 0 saturated heterocycles. The van der Waals surface area contributed by atoms with Gasteiger partial charge < -0.3 is 14.9 Å². The maximum absolute atomic E-state index is 12.2. The van der Waals surface area contributed by atoms with Crippen LogP contribution in [-0.2, 0) is 14.8 Å². The van der Waals surface area contributed by atoms with Crippen molar-refractivity contribution in [2.24, 2.45) is 0 Å². The van der Waals surface area contributed by atoms with Gasteiger partial charge in [0.25, 0.3) is 0 Å². The van der Waals surface area contributed by atoms with Crippen LogP contribution in [0.25, 0.3) is 0 Å². The molecule has 0 aliphatic carbocycles. The van der Waals surface area contributed by atoms with E-state index >= 15 is 0 Å². The van der Waals surface area contributed by atoms with Gasteiger partial charge in [0.05, 0.1) is 23.2 Å². The van der Waals surface area contributed by atoms with E-state index in [0.29, 0.717) is 10.0 Å². The summed E-state index contributed by atoms with van der Waals surface area (Å²) in [7, 11) is -2.56. The van der Waals surface area contributed by atoms with Gasteiger partial charge in [-0.3, -0.25) is 0 Å². The first-order chi connectivity index (χ1) is 9.69. The molecule has 7 nitrogen and oxygen atoms in total. The fourth-order valence-corrected chi connectivity index (χ4v) is 3.55. The van der Waals surface area contributed by atoms with E-state index in [2.05, 4.69) is 20.7 Å². The van der Waals surface area contributed by atoms with Crippen LogP contribution in [0.5, 0.6) is 0 Å². The lowest BCUT2D eigenvalue weighted by atomic mass is 10.1. The third-order valence-corrected chi connectivity index (χ3v) is 5.07. The molecule has 0 aliphatic heterocycles. The van der Waals surface area contributed by atoms with Crippen LogP contribution < -0.4 is 4.72 Å². The second-order valence-electron chi connectivity index (χ2n) is 4.35. The zero-order valence-electron chi connectivity index (χ0n) is 11.5. The molecule has 0 saturated carbocycles. The summed E-state index contributed by atoms with van der Waals surface area (Å²) < 4.78 is 31.7. The van der Waals surface area contributed by atoms with Crippen molar-refractivity contribution in [3.05, 3.63) is 27.7 Å². The monoisotopic (exact) mass is 381 g/mol. The van der Waals surface area contributed by atoms with Gasteiger partial charge in [-0.1, -0.05) is 15.9 Å². The van der Waals surface area contributed by atoms with E-state index in [0.717, 1.165) is 6.07 Å². The molecule has 0 radical (unpaired) electrons. The van der Waals surface area contributed by atoms with Gasteiger partial charge in [-0.2, -0.15) is 0 Å². The number of halogens is 1. The van der Waals surface area contributed by atoms with E-state index in [1.165, 1.54) is 13.2 Å². The molecule has 1 rings (SSSR count). The molecule has 1 unspecified atom stereocenters. The van der Waals surface area contributed by atoms with Gasteiger partial charge in [0.2, 0.25) is 10.0 Å². The second kappa shape index (κ2) is 7.32. The van der Waals surface area contributed by atoms with Gasteiger partial charge in [0, 0.05) is 18.1 Å². The van der Waals surface area contributed by atoms with Crippen LogP contribution in [-0.4, -0.2) is 51.0 Å². The summed E-state index contributed by atoms with van der Waals surface area (Å²) in [5.74, 6) is -1.23. The van der Waals surface area contributed by atoms with Crippen LogP contribution in [0, 0.1) is 6.92 Å². The number of methoxy groups -OCH3 is 1. The number of ether oxygens (including phenoxy) is 1. The van der Waals surface area contributed by atoms with Crippen molar-refractivity contribution >= 4 is 31.9 Å². The third kappa shape index (κ3) is 4.75. The smallest absolute Gasteiger partial charge is 0.335 e. The molecule has 1 atom stereocenters. The van der Waals surface area contributed by atoms with Crippen molar-refractivity contribution < 1.29 is 28.2 Å². The molecule has 0 aliphatic rings. The van der Waals surface area contributed by atoms with Crippen molar-refractivity contribution in [1.82, 2.24) is 4.72 Å². The Morgan fingerprint density at radius 3 is 2.62 bits per heavy atom. The maximum atomic E-state index is 12.2. The Morgan fingerprint density at radius 1 is 1.48 bits per heavy atom. The van der Waals surface area contributed by atoms with Crippen molar-refractivity contribution in [3.63, 3.8) is 0 Å². The first kappa shape index (κ1) is 18.1. The molecule has 9 heteroatoms. The lowest BCUT2D eigenvalue weighted by Gasteiger charge is -2.14. The molecule has 3 N–H and O–H groups in total. The molecule has 0 heterocycles. The van der Waals surface area contributed by atoms with E-state index < -0.39 is 22.1 Å². The number of benzene rings is 1. The minimum Gasteiger partial charge on any atom is -0.478 e. The predicted octanol–water partition coefficient (Wildman–Crippen LogP) is 0.741. The number of rotatable bonds is 7. The maximum Gasteiger partial charge on any atom is 0.335 e. The fraction of sp³-hybridized carbons (Fsp3) is 0.417. The molecule has 0 fully saturated rings. The normalized spacial score (nSPS) is 13.1. The molecule has 0 spiro atoms. The topological polar surface area (TPSA) is 113 Å². The van der Waals surface area contributed by atoms with E-state index in [4.69, 9.17) is 9.84 Å². The zero-order valence-corrected chi connectivity index (χ0v) is 13.9. The fourth-order valence-electron chi connectivity index (χ4n) is 1.59. The average molecular weight is 382 g/mol. The quantitative estimate of drug-likeness (QED) is 0.641. The van der Waals surface area contributed by atoms with Gasteiger partial charge in [0.1, 0.15) is 0 Å². The Morgan fingerprint density at radius 2 is 2.10 bits per heavy atom. The van der Waals surface area contributed by atoms with E-state index in [9.17, 15) is 18.3 Å². The van der Waals surface area contributed by atoms with Crippen molar-refractivity contribution in [3.8, 4) is 0 Å². The molecule has 21 heavy (non-hydrogen) atoms. The highest BCUT2D eigenvalue weighted by Gasteiger charge is 2.22. The highest BCUT2D eigenvalue weighted by molar-refractivity contribution is 9.10. The van der Waals surface area contributed by atoms with Crippen LogP contribution in [0.3, 0.4) is 0 Å². The first-order valence-electron chi connectivity index (χ1n) is 5.89. The number of carbonyl (C=O) groups is 1. The number of aromatic carboxylic acids is 1. The van der Waals surface area contributed by atoms with Gasteiger partial charge in [-0.15, -0.1) is 0 Å². The number of aliphatic hydroxyl groups excluding tert-OH is 1. The van der Waals surface area contributed by atoms with Crippen LogP contribution in [0.15, 0.2) is 21.5 Å². The number of carboxylic acid groups (broad SMARTS) is 1. The largest absolute Gasteiger partial charge is 0.478 e. The predicted molar refractivity (Wildman–Crippen MR) is 78.9 cm³/mol. The van der Waals surface area contributed by atoms with Gasteiger partial charge in [-0.05, 0) is 24.6 Å². The zero-order chi connectivity index (χ0) is 16.2. The standard InChI is InChI=1S/C12H16BrNO6S/c1-7-10(13)3-8(12(16)17)4-11(7)21(18,19)14-5-9(15)6-20-2/h3-4,9,14-15H,5-6H2,1-2H3,(H,16,17). The summed E-state index contributed by atoms with van der Waals surface area (Å²) >= 11 is 3.14. The Balaban J connectivity index is 3.10. The van der Waals surface area contributed by atoms with Crippen molar-refractivity contribution in [1.29, 1.82) is 0 Å². The summed E-state index contributed by atoms with van der Waals surface area (Å²) in [5, 5.41) is 18.5. The molecule has 1 aromatic rings. The SMILES string of the molecule is COCC(O)CNS(=O)(=O)c1cc(C(=O)O)cc(Br)c1C.